The van der Waals surface area contributed by atoms with E-state index in [0.717, 1.165) is 42.4 Å². The molecule has 3 rings (SSSR count). The third-order valence-corrected chi connectivity index (χ3v) is 5.14. The molecule has 6 nitrogen and oxygen atoms in total. The average Bonchev–Trinajstić information content (AvgIpc) is 2.99. The predicted molar refractivity (Wildman–Crippen MR) is 97.6 cm³/mol. The molecule has 1 N–H and O–H groups in total. The van der Waals surface area contributed by atoms with Crippen LogP contribution in [0.1, 0.15) is 61.6 Å². The monoisotopic (exact) mass is 344 g/mol. The number of rotatable bonds is 4. The number of nitrogens with zero attached hydrogens (tertiary/aromatic N) is 4. The topological polar surface area (TPSA) is 71.2 Å². The van der Waals surface area contributed by atoms with E-state index in [2.05, 4.69) is 23.9 Å². The minimum absolute atomic E-state index is 0.0309. The van der Waals surface area contributed by atoms with Crippen LogP contribution in [0.5, 0.6) is 0 Å². The number of hydrogen-bond acceptors (Lipinski definition) is 4. The molecule has 1 aliphatic carbocycles. The second kappa shape index (κ2) is 7.12. The Morgan fingerprint density at radius 3 is 2.80 bits per heavy atom. The summed E-state index contributed by atoms with van der Waals surface area (Å²) in [4.78, 5) is 19.4. The van der Waals surface area contributed by atoms with Crippen molar-refractivity contribution in [3.05, 3.63) is 23.5 Å². The van der Waals surface area contributed by atoms with E-state index in [0.29, 0.717) is 12.1 Å². The van der Waals surface area contributed by atoms with Gasteiger partial charge in [-0.25, -0.2) is 9.67 Å². The van der Waals surface area contributed by atoms with E-state index in [1.54, 1.807) is 11.1 Å². The molecule has 1 amide bonds. The summed E-state index contributed by atoms with van der Waals surface area (Å²) in [5.74, 6) is 0.135. The van der Waals surface area contributed by atoms with Gasteiger partial charge in [-0.2, -0.15) is 5.10 Å². The number of carbonyl (C=O) groups is 1. The summed E-state index contributed by atoms with van der Waals surface area (Å²) in [5, 5.41) is 15.4. The van der Waals surface area contributed by atoms with Gasteiger partial charge in [0, 0.05) is 31.2 Å². The lowest BCUT2D eigenvalue weighted by atomic mass is 9.86. The average molecular weight is 344 g/mol. The predicted octanol–water partition coefficient (Wildman–Crippen LogP) is 2.94. The van der Waals surface area contributed by atoms with Crippen molar-refractivity contribution in [3.63, 3.8) is 0 Å². The molecule has 0 radical (unpaired) electrons. The lowest BCUT2D eigenvalue weighted by Gasteiger charge is -2.31. The molecule has 0 saturated heterocycles. The SMILES string of the molecule is Cc1cc(C(=O)N(C)CC2CCCCC2O)c2cnn(C(C)C)c2n1. The van der Waals surface area contributed by atoms with E-state index in [9.17, 15) is 9.90 Å². The molecule has 1 fully saturated rings. The maximum Gasteiger partial charge on any atom is 0.254 e. The van der Waals surface area contributed by atoms with Crippen LogP contribution in [0.3, 0.4) is 0 Å². The first-order chi connectivity index (χ1) is 11.9. The second-order valence-electron chi connectivity index (χ2n) is 7.53. The second-order valence-corrected chi connectivity index (χ2v) is 7.53. The highest BCUT2D eigenvalue weighted by molar-refractivity contribution is 6.05. The van der Waals surface area contributed by atoms with E-state index in [-0.39, 0.29) is 24.0 Å². The van der Waals surface area contributed by atoms with Crippen molar-refractivity contribution in [2.24, 2.45) is 5.92 Å². The van der Waals surface area contributed by atoms with Gasteiger partial charge in [0.1, 0.15) is 0 Å². The number of pyridine rings is 1. The molecule has 2 aromatic rings. The molecule has 0 aliphatic heterocycles. The Bertz CT molecular complexity index is 768. The number of aromatic nitrogens is 3. The van der Waals surface area contributed by atoms with Crippen molar-refractivity contribution in [3.8, 4) is 0 Å². The minimum atomic E-state index is -0.299. The van der Waals surface area contributed by atoms with Gasteiger partial charge in [-0.3, -0.25) is 4.79 Å². The maximum absolute atomic E-state index is 13.0. The summed E-state index contributed by atoms with van der Waals surface area (Å²) < 4.78 is 1.85. The third-order valence-electron chi connectivity index (χ3n) is 5.14. The number of carbonyl (C=O) groups excluding carboxylic acids is 1. The van der Waals surface area contributed by atoms with Gasteiger partial charge in [0.05, 0.1) is 23.3 Å². The molecule has 0 aromatic carbocycles. The summed E-state index contributed by atoms with van der Waals surface area (Å²) in [6.07, 6.45) is 5.46. The molecule has 2 aromatic heterocycles. The van der Waals surface area contributed by atoms with Gasteiger partial charge in [0.2, 0.25) is 0 Å². The van der Waals surface area contributed by atoms with Crippen LogP contribution >= 0.6 is 0 Å². The zero-order valence-electron chi connectivity index (χ0n) is 15.6. The molecular formula is C19H28N4O2. The number of aliphatic hydroxyl groups excluding tert-OH is 1. The number of fused-ring (bicyclic) bond motifs is 1. The molecule has 6 heteroatoms. The summed E-state index contributed by atoms with van der Waals surface area (Å²) in [6.45, 7) is 6.59. The lowest BCUT2D eigenvalue weighted by Crippen LogP contribution is -2.38. The van der Waals surface area contributed by atoms with Gasteiger partial charge in [-0.15, -0.1) is 0 Å². The zero-order valence-corrected chi connectivity index (χ0v) is 15.6. The molecule has 2 heterocycles. The Labute approximate surface area is 148 Å². The van der Waals surface area contributed by atoms with Crippen LogP contribution in [0.15, 0.2) is 12.3 Å². The Balaban J connectivity index is 1.88. The fourth-order valence-electron chi connectivity index (χ4n) is 3.74. The Hall–Kier alpha value is -1.95. The number of amides is 1. The van der Waals surface area contributed by atoms with Gasteiger partial charge >= 0.3 is 0 Å². The third kappa shape index (κ3) is 3.54. The van der Waals surface area contributed by atoms with Crippen LogP contribution in [0.25, 0.3) is 11.0 Å². The van der Waals surface area contributed by atoms with Crippen molar-refractivity contribution in [2.45, 2.75) is 58.6 Å². The van der Waals surface area contributed by atoms with Crippen molar-refractivity contribution in [1.29, 1.82) is 0 Å². The summed E-state index contributed by atoms with van der Waals surface area (Å²) in [7, 11) is 1.82. The van der Waals surface area contributed by atoms with Crippen LogP contribution in [-0.2, 0) is 0 Å². The molecule has 25 heavy (non-hydrogen) atoms. The number of aryl methyl sites for hydroxylation is 1. The van der Waals surface area contributed by atoms with Crippen molar-refractivity contribution in [2.75, 3.05) is 13.6 Å². The highest BCUT2D eigenvalue weighted by atomic mass is 16.3. The number of aliphatic hydroxyl groups is 1. The fourth-order valence-corrected chi connectivity index (χ4v) is 3.74. The Kier molecular flexibility index (Phi) is 5.08. The maximum atomic E-state index is 13.0. The van der Waals surface area contributed by atoms with Gasteiger partial charge in [-0.1, -0.05) is 12.8 Å². The van der Waals surface area contributed by atoms with Crippen molar-refractivity contribution >= 4 is 16.9 Å². The summed E-state index contributed by atoms with van der Waals surface area (Å²) in [6, 6.07) is 2.02. The Morgan fingerprint density at radius 1 is 1.40 bits per heavy atom. The first-order valence-corrected chi connectivity index (χ1v) is 9.17. The van der Waals surface area contributed by atoms with Crippen LogP contribution in [0.4, 0.5) is 0 Å². The van der Waals surface area contributed by atoms with Crippen molar-refractivity contribution in [1.82, 2.24) is 19.7 Å². The van der Waals surface area contributed by atoms with Crippen LogP contribution in [0.2, 0.25) is 0 Å². The van der Waals surface area contributed by atoms with E-state index in [1.165, 1.54) is 0 Å². The number of hydrogen-bond donors (Lipinski definition) is 1. The molecule has 1 saturated carbocycles. The standard InChI is InChI=1S/C19H28N4O2/c1-12(2)23-18-16(10-20-23)15(9-13(3)21-18)19(25)22(4)11-14-7-5-6-8-17(14)24/h9-10,12,14,17,24H,5-8,11H2,1-4H3. The van der Waals surface area contributed by atoms with Crippen LogP contribution in [0, 0.1) is 12.8 Å². The molecule has 2 atom stereocenters. The van der Waals surface area contributed by atoms with Crippen LogP contribution < -0.4 is 0 Å². The molecule has 1 aliphatic rings. The molecule has 0 bridgehead atoms. The molecular weight excluding hydrogens is 316 g/mol. The highest BCUT2D eigenvalue weighted by Gasteiger charge is 2.27. The normalized spacial score (nSPS) is 21.0. The van der Waals surface area contributed by atoms with Crippen LogP contribution in [-0.4, -0.2) is 50.4 Å². The zero-order chi connectivity index (χ0) is 18.1. The molecule has 136 valence electrons. The van der Waals surface area contributed by atoms with E-state index < -0.39 is 0 Å². The van der Waals surface area contributed by atoms with E-state index in [1.807, 2.05) is 24.7 Å². The van der Waals surface area contributed by atoms with Gasteiger partial charge in [-0.05, 0) is 39.7 Å². The lowest BCUT2D eigenvalue weighted by molar-refractivity contribution is 0.0452. The first-order valence-electron chi connectivity index (χ1n) is 9.17. The van der Waals surface area contributed by atoms with E-state index >= 15 is 0 Å². The molecule has 0 spiro atoms. The quantitative estimate of drug-likeness (QED) is 0.926. The van der Waals surface area contributed by atoms with Gasteiger partial charge in [0.15, 0.2) is 5.65 Å². The largest absolute Gasteiger partial charge is 0.393 e. The first kappa shape index (κ1) is 17.9. The summed E-state index contributed by atoms with van der Waals surface area (Å²) in [5.41, 5.74) is 2.20. The van der Waals surface area contributed by atoms with Crippen molar-refractivity contribution < 1.29 is 9.90 Å². The fraction of sp³-hybridized carbons (Fsp3) is 0.632. The highest BCUT2D eigenvalue weighted by Crippen LogP contribution is 2.26. The minimum Gasteiger partial charge on any atom is -0.393 e. The summed E-state index contributed by atoms with van der Waals surface area (Å²) >= 11 is 0. The Morgan fingerprint density at radius 2 is 2.12 bits per heavy atom. The van der Waals surface area contributed by atoms with Gasteiger partial charge in [0.25, 0.3) is 5.91 Å². The molecule has 2 unspecified atom stereocenters. The smallest absolute Gasteiger partial charge is 0.254 e. The van der Waals surface area contributed by atoms with Gasteiger partial charge < -0.3 is 10.0 Å². The van der Waals surface area contributed by atoms with E-state index in [4.69, 9.17) is 0 Å².